The predicted octanol–water partition coefficient (Wildman–Crippen LogP) is 1.33. The molecule has 0 aliphatic carbocycles. The second-order valence-electron chi connectivity index (χ2n) is 4.24. The Morgan fingerprint density at radius 3 is 2.95 bits per heavy atom. The molecule has 1 atom stereocenters. The van der Waals surface area contributed by atoms with Gasteiger partial charge >= 0.3 is 0 Å². The first-order chi connectivity index (χ1) is 9.20. The van der Waals surface area contributed by atoms with Crippen LogP contribution in [0.25, 0.3) is 5.82 Å². The minimum atomic E-state index is -0.476. The fourth-order valence-corrected chi connectivity index (χ4v) is 1.68. The minimum absolute atomic E-state index is 0.185. The van der Waals surface area contributed by atoms with Gasteiger partial charge in [0.15, 0.2) is 5.82 Å². The minimum Gasteiger partial charge on any atom is -0.323 e. The molecule has 3 N–H and O–H groups in total. The van der Waals surface area contributed by atoms with Crippen LogP contribution in [0.3, 0.4) is 0 Å². The summed E-state index contributed by atoms with van der Waals surface area (Å²) >= 11 is 0. The number of nitrogens with one attached hydrogen (secondary N) is 1. The van der Waals surface area contributed by atoms with E-state index in [9.17, 15) is 4.79 Å². The van der Waals surface area contributed by atoms with Gasteiger partial charge in [-0.15, -0.1) is 0 Å². The zero-order valence-corrected chi connectivity index (χ0v) is 10.8. The maximum atomic E-state index is 11.7. The zero-order chi connectivity index (χ0) is 13.7. The molecule has 100 valence electrons. The van der Waals surface area contributed by atoms with E-state index in [-0.39, 0.29) is 5.91 Å². The average Bonchev–Trinajstić information content (AvgIpc) is 2.94. The Labute approximate surface area is 111 Å². The van der Waals surface area contributed by atoms with Crippen molar-refractivity contribution in [2.45, 2.75) is 25.8 Å². The van der Waals surface area contributed by atoms with Crippen molar-refractivity contribution >= 4 is 11.6 Å². The summed E-state index contributed by atoms with van der Waals surface area (Å²) in [7, 11) is 0. The Bertz CT molecular complexity index is 520. The molecule has 0 radical (unpaired) electrons. The number of carbonyl (C=O) groups is 1. The second kappa shape index (κ2) is 6.10. The first kappa shape index (κ1) is 13.2. The summed E-state index contributed by atoms with van der Waals surface area (Å²) in [5.74, 6) is 0.511. The highest BCUT2D eigenvalue weighted by Gasteiger charge is 2.12. The van der Waals surface area contributed by atoms with Gasteiger partial charge in [0.05, 0.1) is 17.9 Å². The van der Waals surface area contributed by atoms with E-state index >= 15 is 0 Å². The molecule has 19 heavy (non-hydrogen) atoms. The maximum Gasteiger partial charge on any atom is 0.241 e. The lowest BCUT2D eigenvalue weighted by molar-refractivity contribution is -0.117. The van der Waals surface area contributed by atoms with Crippen molar-refractivity contribution in [3.05, 3.63) is 36.8 Å². The molecule has 6 heteroatoms. The van der Waals surface area contributed by atoms with E-state index in [1.54, 1.807) is 35.4 Å². The molecule has 1 amide bonds. The Morgan fingerprint density at radius 1 is 1.53 bits per heavy atom. The van der Waals surface area contributed by atoms with Crippen molar-refractivity contribution < 1.29 is 4.79 Å². The molecule has 0 saturated heterocycles. The van der Waals surface area contributed by atoms with Crippen molar-refractivity contribution in [1.29, 1.82) is 0 Å². The Balaban J connectivity index is 2.01. The number of hydrogen-bond acceptors (Lipinski definition) is 4. The molecule has 0 saturated carbocycles. The SMILES string of the molecule is CCC[C@@H](N)C(=O)Nc1ccc(-n2cccn2)nc1. The zero-order valence-electron chi connectivity index (χ0n) is 10.8. The third-order valence-corrected chi connectivity index (χ3v) is 2.69. The molecule has 2 heterocycles. The maximum absolute atomic E-state index is 11.7. The van der Waals surface area contributed by atoms with Gasteiger partial charge in [-0.3, -0.25) is 4.79 Å². The molecule has 2 aromatic heterocycles. The summed E-state index contributed by atoms with van der Waals surface area (Å²) in [6, 6.07) is 4.91. The predicted molar refractivity (Wildman–Crippen MR) is 72.9 cm³/mol. The number of nitrogens with two attached hydrogens (primary N) is 1. The largest absolute Gasteiger partial charge is 0.323 e. The van der Waals surface area contributed by atoms with Crippen molar-refractivity contribution in [3.8, 4) is 5.82 Å². The van der Waals surface area contributed by atoms with Crippen LogP contribution in [0, 0.1) is 0 Å². The molecule has 0 fully saturated rings. The van der Waals surface area contributed by atoms with Crippen LogP contribution in [-0.2, 0) is 4.79 Å². The molecule has 0 spiro atoms. The summed E-state index contributed by atoms with van der Waals surface area (Å²) < 4.78 is 1.65. The van der Waals surface area contributed by atoms with Crippen LogP contribution in [0.5, 0.6) is 0 Å². The van der Waals surface area contributed by atoms with Crippen LogP contribution in [0.15, 0.2) is 36.8 Å². The van der Waals surface area contributed by atoms with E-state index < -0.39 is 6.04 Å². The Hall–Kier alpha value is -2.21. The van der Waals surface area contributed by atoms with Gasteiger partial charge in [0.25, 0.3) is 0 Å². The van der Waals surface area contributed by atoms with Gasteiger partial charge in [-0.1, -0.05) is 13.3 Å². The molecule has 0 aromatic carbocycles. The van der Waals surface area contributed by atoms with E-state index in [1.807, 2.05) is 13.0 Å². The molecular weight excluding hydrogens is 242 g/mol. The van der Waals surface area contributed by atoms with Crippen LogP contribution < -0.4 is 11.1 Å². The number of nitrogens with zero attached hydrogens (tertiary/aromatic N) is 3. The number of rotatable bonds is 5. The molecule has 0 aliphatic heterocycles. The van der Waals surface area contributed by atoms with Gasteiger partial charge in [0, 0.05) is 12.4 Å². The van der Waals surface area contributed by atoms with Gasteiger partial charge in [-0.2, -0.15) is 5.10 Å². The van der Waals surface area contributed by atoms with E-state index in [1.165, 1.54) is 0 Å². The van der Waals surface area contributed by atoms with Crippen LogP contribution in [0.2, 0.25) is 0 Å². The summed E-state index contributed by atoms with van der Waals surface area (Å²) in [4.78, 5) is 16.0. The van der Waals surface area contributed by atoms with Crippen molar-refractivity contribution in [2.75, 3.05) is 5.32 Å². The summed E-state index contributed by atoms with van der Waals surface area (Å²) in [5.41, 5.74) is 6.37. The fraction of sp³-hybridized carbons (Fsp3) is 0.308. The number of hydrogen-bond donors (Lipinski definition) is 2. The van der Waals surface area contributed by atoms with Crippen molar-refractivity contribution in [3.63, 3.8) is 0 Å². The standard InChI is InChI=1S/C13H17N5O/c1-2-4-11(14)13(19)17-10-5-6-12(15-9-10)18-8-3-7-16-18/h3,5-9,11H,2,4,14H2,1H3,(H,17,19)/t11-/m1/s1. The van der Waals surface area contributed by atoms with Gasteiger partial charge in [-0.25, -0.2) is 9.67 Å². The van der Waals surface area contributed by atoms with Gasteiger partial charge < -0.3 is 11.1 Å². The summed E-state index contributed by atoms with van der Waals surface area (Å²) in [5, 5.41) is 6.82. The van der Waals surface area contributed by atoms with Gasteiger partial charge in [0.2, 0.25) is 5.91 Å². The van der Waals surface area contributed by atoms with Crippen LogP contribution >= 0.6 is 0 Å². The molecule has 2 aromatic rings. The highest BCUT2D eigenvalue weighted by atomic mass is 16.2. The monoisotopic (exact) mass is 259 g/mol. The lowest BCUT2D eigenvalue weighted by Gasteiger charge is -2.11. The summed E-state index contributed by atoms with van der Waals surface area (Å²) in [6.07, 6.45) is 6.63. The lowest BCUT2D eigenvalue weighted by Crippen LogP contribution is -2.35. The van der Waals surface area contributed by atoms with Crippen LogP contribution in [-0.4, -0.2) is 26.7 Å². The van der Waals surface area contributed by atoms with Crippen LogP contribution in [0.4, 0.5) is 5.69 Å². The number of pyridine rings is 1. The van der Waals surface area contributed by atoms with E-state index in [0.29, 0.717) is 17.9 Å². The molecule has 6 nitrogen and oxygen atoms in total. The number of aromatic nitrogens is 3. The third-order valence-electron chi connectivity index (χ3n) is 2.69. The van der Waals surface area contributed by atoms with Gasteiger partial charge in [-0.05, 0) is 24.6 Å². The molecule has 0 unspecified atom stereocenters. The first-order valence-electron chi connectivity index (χ1n) is 6.23. The number of anilines is 1. The second-order valence-corrected chi connectivity index (χ2v) is 4.24. The molecule has 0 aliphatic rings. The topological polar surface area (TPSA) is 85.8 Å². The first-order valence-corrected chi connectivity index (χ1v) is 6.23. The van der Waals surface area contributed by atoms with E-state index in [4.69, 9.17) is 5.73 Å². The third kappa shape index (κ3) is 3.38. The van der Waals surface area contributed by atoms with E-state index in [2.05, 4.69) is 15.4 Å². The number of amides is 1. The Kier molecular flexibility index (Phi) is 4.25. The highest BCUT2D eigenvalue weighted by Crippen LogP contribution is 2.09. The quantitative estimate of drug-likeness (QED) is 0.848. The lowest BCUT2D eigenvalue weighted by atomic mass is 10.1. The van der Waals surface area contributed by atoms with E-state index in [0.717, 1.165) is 6.42 Å². The van der Waals surface area contributed by atoms with Gasteiger partial charge in [0.1, 0.15) is 0 Å². The number of carbonyl (C=O) groups excluding carboxylic acids is 1. The molecular formula is C13H17N5O. The molecule has 2 rings (SSSR count). The van der Waals surface area contributed by atoms with Crippen LogP contribution in [0.1, 0.15) is 19.8 Å². The fourth-order valence-electron chi connectivity index (χ4n) is 1.68. The smallest absolute Gasteiger partial charge is 0.241 e. The highest BCUT2D eigenvalue weighted by molar-refractivity contribution is 5.94. The summed E-state index contributed by atoms with van der Waals surface area (Å²) in [6.45, 7) is 1.99. The average molecular weight is 259 g/mol. The van der Waals surface area contributed by atoms with Crippen molar-refractivity contribution in [1.82, 2.24) is 14.8 Å². The Morgan fingerprint density at radius 2 is 2.37 bits per heavy atom. The molecule has 0 bridgehead atoms. The normalized spacial score (nSPS) is 12.1. The van der Waals surface area contributed by atoms with Crippen molar-refractivity contribution in [2.24, 2.45) is 5.73 Å².